The predicted molar refractivity (Wildman–Crippen MR) is 130 cm³/mol. The molecule has 6 rings (SSSR count). The number of nitrogens with zero attached hydrogens (tertiary/aromatic N) is 6. The molecule has 2 aromatic heterocycles. The van der Waals surface area contributed by atoms with Gasteiger partial charge >= 0.3 is 0 Å². The fourth-order valence-electron chi connectivity index (χ4n) is 4.80. The second-order valence-corrected chi connectivity index (χ2v) is 10.6. The van der Waals surface area contributed by atoms with Crippen LogP contribution in [0.25, 0.3) is 10.2 Å². The lowest BCUT2D eigenvalue weighted by Gasteiger charge is -2.36. The van der Waals surface area contributed by atoms with Gasteiger partial charge in [-0.1, -0.05) is 0 Å². The number of carbonyl (C=O) groups is 1. The fourth-order valence-corrected chi connectivity index (χ4v) is 5.86. The van der Waals surface area contributed by atoms with Crippen LogP contribution in [0.1, 0.15) is 48.2 Å². The molecule has 1 amide bonds. The van der Waals surface area contributed by atoms with Crippen molar-refractivity contribution in [1.29, 1.82) is 0 Å². The maximum absolute atomic E-state index is 13.5. The summed E-state index contributed by atoms with van der Waals surface area (Å²) >= 11 is 1.57. The molecule has 10 heteroatoms. The zero-order valence-corrected chi connectivity index (χ0v) is 19.8. The van der Waals surface area contributed by atoms with Gasteiger partial charge in [0.1, 0.15) is 22.3 Å². The third kappa shape index (κ3) is 4.27. The van der Waals surface area contributed by atoms with Gasteiger partial charge in [0.25, 0.3) is 0 Å². The summed E-state index contributed by atoms with van der Waals surface area (Å²) in [6, 6.07) is 2.14. The Balaban J connectivity index is 1.38. The SMILES string of the molecule is CN1CCN(C2=NC(=N[C@@H]3CCCNC3)C(c3nc4c(C5CC5)nccc4s3)C(=O)N2)CC1. The Bertz CT molecular complexity index is 1110. The lowest BCUT2D eigenvalue weighted by atomic mass is 10.0. The number of amidine groups is 1. The number of likely N-dealkylation sites (N-methyl/N-ethyl adjacent to an activating group) is 1. The third-order valence-electron chi connectivity index (χ3n) is 6.93. The Morgan fingerprint density at radius 3 is 2.79 bits per heavy atom. The standard InChI is InChI=1S/C23H30N8OS/c1-30-9-11-31(12-10-30)23-28-20(26-15-3-2-7-24-13-15)17(21(32)29-23)22-27-19-16(33-22)6-8-25-18(19)14-4-5-14/h6,8,14-15,17,24H,2-5,7,9-13H2,1H3,(H,26,28,29,32)/t15-,17?/m1/s1. The zero-order chi connectivity index (χ0) is 22.4. The van der Waals surface area contributed by atoms with E-state index in [1.807, 2.05) is 12.3 Å². The maximum atomic E-state index is 13.5. The molecule has 0 radical (unpaired) electrons. The van der Waals surface area contributed by atoms with Crippen molar-refractivity contribution in [2.45, 2.75) is 43.6 Å². The quantitative estimate of drug-likeness (QED) is 0.712. The topological polar surface area (TPSA) is 98.1 Å². The van der Waals surface area contributed by atoms with Crippen molar-refractivity contribution in [3.63, 3.8) is 0 Å². The van der Waals surface area contributed by atoms with Gasteiger partial charge in [0.2, 0.25) is 11.9 Å². The van der Waals surface area contributed by atoms with Crippen molar-refractivity contribution < 1.29 is 4.79 Å². The van der Waals surface area contributed by atoms with Gasteiger partial charge in [-0.2, -0.15) is 4.99 Å². The number of aliphatic imine (C=N–C) groups is 2. The molecule has 2 saturated heterocycles. The number of nitrogens with one attached hydrogen (secondary N) is 2. The van der Waals surface area contributed by atoms with Gasteiger partial charge in [-0.05, 0) is 45.3 Å². The van der Waals surface area contributed by atoms with Gasteiger partial charge < -0.3 is 15.1 Å². The Morgan fingerprint density at radius 1 is 1.18 bits per heavy atom. The second kappa shape index (κ2) is 8.73. The molecule has 0 bridgehead atoms. The summed E-state index contributed by atoms with van der Waals surface area (Å²) in [5.41, 5.74) is 2.02. The normalized spacial score (nSPS) is 28.3. The molecule has 1 aliphatic carbocycles. The number of piperidine rings is 1. The molecule has 174 valence electrons. The van der Waals surface area contributed by atoms with E-state index in [-0.39, 0.29) is 11.9 Å². The van der Waals surface area contributed by atoms with E-state index in [0.29, 0.717) is 17.7 Å². The molecule has 0 spiro atoms. The summed E-state index contributed by atoms with van der Waals surface area (Å²) in [5.74, 6) is 1.08. The molecule has 0 aromatic carbocycles. The van der Waals surface area contributed by atoms with E-state index in [1.165, 1.54) is 12.8 Å². The number of amides is 1. The number of thiazole rings is 1. The number of guanidine groups is 1. The number of rotatable bonds is 3. The number of pyridine rings is 1. The number of fused-ring (bicyclic) bond motifs is 1. The van der Waals surface area contributed by atoms with Crippen molar-refractivity contribution in [2.24, 2.45) is 9.98 Å². The summed E-state index contributed by atoms with van der Waals surface area (Å²) in [7, 11) is 2.12. The minimum absolute atomic E-state index is 0.0820. The van der Waals surface area contributed by atoms with Crippen molar-refractivity contribution in [3.05, 3.63) is 23.0 Å². The Kier molecular flexibility index (Phi) is 5.59. The van der Waals surface area contributed by atoms with Crippen LogP contribution in [0.3, 0.4) is 0 Å². The summed E-state index contributed by atoms with van der Waals surface area (Å²) in [4.78, 5) is 37.5. The molecule has 3 fully saturated rings. The number of hydrogen-bond acceptors (Lipinski definition) is 8. The number of aromatic nitrogens is 2. The molecular weight excluding hydrogens is 436 g/mol. The van der Waals surface area contributed by atoms with Gasteiger partial charge in [0.15, 0.2) is 0 Å². The zero-order valence-electron chi connectivity index (χ0n) is 19.0. The van der Waals surface area contributed by atoms with E-state index in [1.54, 1.807) is 11.3 Å². The molecule has 2 atom stereocenters. The van der Waals surface area contributed by atoms with Crippen LogP contribution in [0.15, 0.2) is 22.2 Å². The Morgan fingerprint density at radius 2 is 2.03 bits per heavy atom. The van der Waals surface area contributed by atoms with Gasteiger partial charge in [-0.3, -0.25) is 20.1 Å². The summed E-state index contributed by atoms with van der Waals surface area (Å²) in [6.07, 6.45) is 6.31. The first kappa shape index (κ1) is 21.1. The van der Waals surface area contributed by atoms with Crippen LogP contribution < -0.4 is 10.6 Å². The highest BCUT2D eigenvalue weighted by Gasteiger charge is 2.38. The fraction of sp³-hybridized carbons (Fsp3) is 0.609. The third-order valence-corrected chi connectivity index (χ3v) is 8.01. The van der Waals surface area contributed by atoms with Crippen molar-refractivity contribution in [3.8, 4) is 0 Å². The van der Waals surface area contributed by atoms with E-state index in [2.05, 4.69) is 32.5 Å². The maximum Gasteiger partial charge on any atom is 0.244 e. The summed E-state index contributed by atoms with van der Waals surface area (Å²) in [6.45, 7) is 5.44. The molecule has 33 heavy (non-hydrogen) atoms. The monoisotopic (exact) mass is 466 g/mol. The number of hydrogen-bond donors (Lipinski definition) is 2. The first-order chi connectivity index (χ1) is 16.2. The molecule has 3 aliphatic heterocycles. The highest BCUT2D eigenvalue weighted by atomic mass is 32.1. The molecular formula is C23H30N8OS. The van der Waals surface area contributed by atoms with Crippen LogP contribution in [0.5, 0.6) is 0 Å². The minimum Gasteiger partial charge on any atom is -0.340 e. The van der Waals surface area contributed by atoms with E-state index in [4.69, 9.17) is 15.0 Å². The Hall–Kier alpha value is -2.43. The number of piperazine rings is 1. The van der Waals surface area contributed by atoms with Gasteiger partial charge in [0.05, 0.1) is 16.4 Å². The predicted octanol–water partition coefficient (Wildman–Crippen LogP) is 1.54. The van der Waals surface area contributed by atoms with Crippen molar-refractivity contribution in [2.75, 3.05) is 46.3 Å². The smallest absolute Gasteiger partial charge is 0.244 e. The molecule has 2 aromatic rings. The first-order valence-electron chi connectivity index (χ1n) is 12.0. The second-order valence-electron chi connectivity index (χ2n) is 9.50. The van der Waals surface area contributed by atoms with Crippen LogP contribution in [-0.2, 0) is 4.79 Å². The van der Waals surface area contributed by atoms with E-state index < -0.39 is 5.92 Å². The van der Waals surface area contributed by atoms with Crippen LogP contribution in [0.2, 0.25) is 0 Å². The average Bonchev–Trinajstić information content (AvgIpc) is 3.58. The number of carbonyl (C=O) groups excluding carboxylic acids is 1. The van der Waals surface area contributed by atoms with Gasteiger partial charge in [-0.15, -0.1) is 11.3 Å². The largest absolute Gasteiger partial charge is 0.340 e. The van der Waals surface area contributed by atoms with Crippen LogP contribution in [-0.4, -0.2) is 89.8 Å². The molecule has 5 heterocycles. The molecule has 9 nitrogen and oxygen atoms in total. The average molecular weight is 467 g/mol. The van der Waals surface area contributed by atoms with Crippen LogP contribution >= 0.6 is 11.3 Å². The van der Waals surface area contributed by atoms with E-state index >= 15 is 0 Å². The van der Waals surface area contributed by atoms with Gasteiger partial charge in [0, 0.05) is 44.8 Å². The van der Waals surface area contributed by atoms with E-state index in [0.717, 1.165) is 73.0 Å². The van der Waals surface area contributed by atoms with Crippen LogP contribution in [0.4, 0.5) is 0 Å². The lowest BCUT2D eigenvalue weighted by molar-refractivity contribution is -0.120. The molecule has 1 saturated carbocycles. The highest BCUT2D eigenvalue weighted by molar-refractivity contribution is 7.18. The van der Waals surface area contributed by atoms with Crippen LogP contribution in [0, 0.1) is 0 Å². The van der Waals surface area contributed by atoms with Crippen molar-refractivity contribution >= 4 is 39.3 Å². The van der Waals surface area contributed by atoms with Crippen molar-refractivity contribution in [1.82, 2.24) is 30.4 Å². The van der Waals surface area contributed by atoms with E-state index in [9.17, 15) is 4.79 Å². The minimum atomic E-state index is -0.576. The van der Waals surface area contributed by atoms with Gasteiger partial charge in [-0.25, -0.2) is 4.98 Å². The first-order valence-corrected chi connectivity index (χ1v) is 12.8. The highest BCUT2D eigenvalue weighted by Crippen LogP contribution is 2.43. The molecule has 4 aliphatic rings. The molecule has 1 unspecified atom stereocenters. The Labute approximate surface area is 197 Å². The molecule has 2 N–H and O–H groups in total. The lowest BCUT2D eigenvalue weighted by Crippen LogP contribution is -2.56. The summed E-state index contributed by atoms with van der Waals surface area (Å²) in [5, 5.41) is 7.27. The summed E-state index contributed by atoms with van der Waals surface area (Å²) < 4.78 is 1.09.